The van der Waals surface area contributed by atoms with Gasteiger partial charge >= 0.3 is 0 Å². The molecule has 1 amide bonds. The fraction of sp³-hybridized carbons (Fsp3) is 0.533. The van der Waals surface area contributed by atoms with Gasteiger partial charge in [-0.2, -0.15) is 0 Å². The first-order valence-corrected chi connectivity index (χ1v) is 6.84. The lowest BCUT2D eigenvalue weighted by Crippen LogP contribution is -2.35. The normalized spacial score (nSPS) is 24.2. The van der Waals surface area contributed by atoms with Crippen LogP contribution >= 0.6 is 0 Å². The molecule has 1 aliphatic rings. The van der Waals surface area contributed by atoms with Crippen LogP contribution in [0, 0.1) is 11.7 Å². The van der Waals surface area contributed by atoms with E-state index in [1.165, 1.54) is 12.1 Å². The number of hydrogen-bond donors (Lipinski definition) is 1. The van der Waals surface area contributed by atoms with E-state index in [1.54, 1.807) is 19.2 Å². The van der Waals surface area contributed by atoms with Crippen molar-refractivity contribution in [3.8, 4) is 0 Å². The lowest BCUT2D eigenvalue weighted by molar-refractivity contribution is -0.130. The van der Waals surface area contributed by atoms with Gasteiger partial charge in [0.1, 0.15) is 12.0 Å². The number of methoxy groups -OCH3 is 1. The van der Waals surface area contributed by atoms with E-state index in [-0.39, 0.29) is 29.8 Å². The topological polar surface area (TPSA) is 41.6 Å². The molecule has 1 fully saturated rings. The molecule has 20 heavy (non-hydrogen) atoms. The number of rotatable bonds is 5. The van der Waals surface area contributed by atoms with Crippen molar-refractivity contribution in [3.63, 3.8) is 0 Å². The van der Waals surface area contributed by atoms with E-state index in [1.807, 2.05) is 18.7 Å². The van der Waals surface area contributed by atoms with Crippen LogP contribution in [0.3, 0.4) is 0 Å². The van der Waals surface area contributed by atoms with Crippen molar-refractivity contribution in [3.05, 3.63) is 35.6 Å². The van der Waals surface area contributed by atoms with Crippen LogP contribution in [-0.4, -0.2) is 37.1 Å². The number of amides is 1. The van der Waals surface area contributed by atoms with E-state index in [9.17, 15) is 9.18 Å². The van der Waals surface area contributed by atoms with Crippen molar-refractivity contribution < 1.29 is 13.9 Å². The highest BCUT2D eigenvalue weighted by Crippen LogP contribution is 2.26. The molecular weight excluding hydrogens is 259 g/mol. The summed E-state index contributed by atoms with van der Waals surface area (Å²) >= 11 is 0. The zero-order valence-electron chi connectivity index (χ0n) is 12.1. The summed E-state index contributed by atoms with van der Waals surface area (Å²) < 4.78 is 18.1. The Balaban J connectivity index is 2.17. The molecule has 1 aromatic rings. The molecule has 0 bridgehead atoms. The summed E-state index contributed by atoms with van der Waals surface area (Å²) in [5, 5.41) is 3.25. The third kappa shape index (κ3) is 3.16. The Kier molecular flexibility index (Phi) is 4.73. The highest BCUT2D eigenvalue weighted by molar-refractivity contribution is 5.84. The first-order valence-electron chi connectivity index (χ1n) is 6.84. The van der Waals surface area contributed by atoms with Gasteiger partial charge in [0.2, 0.25) is 5.91 Å². The maximum Gasteiger partial charge on any atom is 0.241 e. The Morgan fingerprint density at radius 1 is 1.40 bits per heavy atom. The third-order valence-electron chi connectivity index (χ3n) is 3.52. The minimum Gasteiger partial charge on any atom is -0.384 e. The first-order chi connectivity index (χ1) is 9.52. The molecule has 110 valence electrons. The highest BCUT2D eigenvalue weighted by Gasteiger charge is 2.37. The summed E-state index contributed by atoms with van der Waals surface area (Å²) in [6.45, 7) is 5.11. The van der Waals surface area contributed by atoms with Crippen LogP contribution in [0.5, 0.6) is 0 Å². The predicted octanol–water partition coefficient (Wildman–Crippen LogP) is 1.93. The van der Waals surface area contributed by atoms with E-state index < -0.39 is 0 Å². The maximum atomic E-state index is 13.0. The van der Waals surface area contributed by atoms with Crippen molar-refractivity contribution in [2.45, 2.75) is 26.1 Å². The number of benzene rings is 1. The number of carbonyl (C=O) groups is 1. The smallest absolute Gasteiger partial charge is 0.241 e. The van der Waals surface area contributed by atoms with Gasteiger partial charge in [-0.05, 0) is 30.5 Å². The van der Waals surface area contributed by atoms with E-state index in [2.05, 4.69) is 5.32 Å². The Hall–Kier alpha value is -1.46. The molecule has 5 heteroatoms. The molecule has 0 aromatic heterocycles. The van der Waals surface area contributed by atoms with E-state index in [4.69, 9.17) is 4.74 Å². The predicted molar refractivity (Wildman–Crippen MR) is 74.5 cm³/mol. The highest BCUT2D eigenvalue weighted by atomic mass is 19.1. The monoisotopic (exact) mass is 280 g/mol. The molecular formula is C15H21FN2O2. The molecule has 0 spiro atoms. The fourth-order valence-electron chi connectivity index (χ4n) is 2.56. The largest absolute Gasteiger partial charge is 0.384 e. The van der Waals surface area contributed by atoms with Crippen molar-refractivity contribution in [1.82, 2.24) is 10.2 Å². The van der Waals surface area contributed by atoms with E-state index in [0.29, 0.717) is 13.2 Å². The molecule has 3 atom stereocenters. The summed E-state index contributed by atoms with van der Waals surface area (Å²) in [4.78, 5) is 14.1. The van der Waals surface area contributed by atoms with Gasteiger partial charge in [-0.3, -0.25) is 10.1 Å². The molecule has 0 aliphatic carbocycles. The third-order valence-corrected chi connectivity index (χ3v) is 3.52. The van der Waals surface area contributed by atoms with Gasteiger partial charge in [-0.25, -0.2) is 4.39 Å². The minimum absolute atomic E-state index is 0.0716. The summed E-state index contributed by atoms with van der Waals surface area (Å²) in [5.74, 6) is 0.0479. The number of nitrogens with one attached hydrogen (secondary N) is 1. The van der Waals surface area contributed by atoms with Crippen molar-refractivity contribution in [1.29, 1.82) is 0 Å². The molecule has 2 rings (SSSR count). The fourth-order valence-corrected chi connectivity index (χ4v) is 2.56. The summed E-state index contributed by atoms with van der Waals surface area (Å²) in [7, 11) is 1.65. The molecule has 0 radical (unpaired) electrons. The Labute approximate surface area is 118 Å². The average molecular weight is 280 g/mol. The van der Waals surface area contributed by atoms with E-state index >= 15 is 0 Å². The van der Waals surface area contributed by atoms with Gasteiger partial charge in [0.05, 0.1) is 12.6 Å². The lowest BCUT2D eigenvalue weighted by Gasteiger charge is -2.27. The number of ether oxygens (including phenoxy) is 1. The molecule has 1 aromatic carbocycles. The zero-order chi connectivity index (χ0) is 14.7. The minimum atomic E-state index is -0.273. The SMILES string of the molecule is COCC(C)CN1C(=O)C(C)NC1c1ccc(F)cc1. The quantitative estimate of drug-likeness (QED) is 0.896. The van der Waals surface area contributed by atoms with Crippen molar-refractivity contribution in [2.75, 3.05) is 20.3 Å². The Morgan fingerprint density at radius 3 is 2.65 bits per heavy atom. The average Bonchev–Trinajstić information content (AvgIpc) is 2.68. The zero-order valence-corrected chi connectivity index (χ0v) is 12.1. The number of halogens is 1. The molecule has 0 saturated carbocycles. The summed E-state index contributed by atoms with van der Waals surface area (Å²) in [6.07, 6.45) is -0.197. The van der Waals surface area contributed by atoms with Crippen LogP contribution in [0.4, 0.5) is 4.39 Å². The van der Waals surface area contributed by atoms with Crippen molar-refractivity contribution >= 4 is 5.91 Å². The summed E-state index contributed by atoms with van der Waals surface area (Å²) in [5.41, 5.74) is 0.897. The first kappa shape index (κ1) is 14.9. The molecule has 1 heterocycles. The van der Waals surface area contributed by atoms with Crippen LogP contribution < -0.4 is 5.32 Å². The number of carbonyl (C=O) groups excluding carboxylic acids is 1. The van der Waals surface area contributed by atoms with Crippen LogP contribution in [0.15, 0.2) is 24.3 Å². The van der Waals surface area contributed by atoms with Gasteiger partial charge in [-0.15, -0.1) is 0 Å². The molecule has 3 unspecified atom stereocenters. The number of hydrogen-bond acceptors (Lipinski definition) is 3. The molecule has 1 aliphatic heterocycles. The summed E-state index contributed by atoms with van der Waals surface area (Å²) in [6, 6.07) is 6.04. The van der Waals surface area contributed by atoms with Gasteiger partial charge in [0.25, 0.3) is 0 Å². The van der Waals surface area contributed by atoms with Crippen LogP contribution in [-0.2, 0) is 9.53 Å². The second-order valence-corrected chi connectivity index (χ2v) is 5.39. The van der Waals surface area contributed by atoms with Gasteiger partial charge < -0.3 is 9.64 Å². The molecule has 1 saturated heterocycles. The Morgan fingerprint density at radius 2 is 2.05 bits per heavy atom. The van der Waals surface area contributed by atoms with E-state index in [0.717, 1.165) is 5.56 Å². The Bertz CT molecular complexity index is 463. The lowest BCUT2D eigenvalue weighted by atomic mass is 10.1. The second-order valence-electron chi connectivity index (χ2n) is 5.39. The standard InChI is InChI=1S/C15H21FN2O2/c1-10(9-20-3)8-18-14(17-11(2)15(18)19)12-4-6-13(16)7-5-12/h4-7,10-11,14,17H,8-9H2,1-3H3. The maximum absolute atomic E-state index is 13.0. The second kappa shape index (κ2) is 6.33. The van der Waals surface area contributed by atoms with Crippen LogP contribution in [0.1, 0.15) is 25.6 Å². The van der Waals surface area contributed by atoms with Crippen molar-refractivity contribution in [2.24, 2.45) is 5.92 Å². The van der Waals surface area contributed by atoms with Gasteiger partial charge in [-0.1, -0.05) is 19.1 Å². The molecule has 4 nitrogen and oxygen atoms in total. The van der Waals surface area contributed by atoms with Gasteiger partial charge in [0.15, 0.2) is 0 Å². The van der Waals surface area contributed by atoms with Gasteiger partial charge in [0, 0.05) is 13.7 Å². The van der Waals surface area contributed by atoms with Crippen LogP contribution in [0.25, 0.3) is 0 Å². The number of nitrogens with zero attached hydrogens (tertiary/aromatic N) is 1. The molecule has 1 N–H and O–H groups in total. The van der Waals surface area contributed by atoms with Crippen LogP contribution in [0.2, 0.25) is 0 Å².